The molecule has 1 aromatic rings. The predicted octanol–water partition coefficient (Wildman–Crippen LogP) is 1.44. The molecule has 1 radical (unpaired) electrons. The number of aliphatic hydroxyl groups is 4. The minimum atomic E-state index is -1.13. The van der Waals surface area contributed by atoms with Crippen molar-refractivity contribution in [3.05, 3.63) is 56.5 Å². The van der Waals surface area contributed by atoms with Crippen molar-refractivity contribution in [2.45, 2.75) is 65.4 Å². The van der Waals surface area contributed by atoms with Gasteiger partial charge in [0.05, 0.1) is 29.5 Å². The molecule has 0 aromatic carbocycles. The molecule has 0 saturated carbocycles. The second-order valence-electron chi connectivity index (χ2n) is 6.77. The van der Waals surface area contributed by atoms with Crippen LogP contribution in [-0.2, 0) is 53.4 Å². The summed E-state index contributed by atoms with van der Waals surface area (Å²) in [5.41, 5.74) is -2.78. The maximum absolute atomic E-state index is 13.0. The molecular formula is C19H30CuFHfN2O7-. The minimum absolute atomic E-state index is 0. The van der Waals surface area contributed by atoms with Gasteiger partial charge >= 0.3 is 0 Å². The van der Waals surface area contributed by atoms with Gasteiger partial charge in [-0.1, -0.05) is 0 Å². The molecule has 1 fully saturated rings. The Labute approximate surface area is 209 Å². The molecule has 3 unspecified atom stereocenters. The third-order valence-corrected chi connectivity index (χ3v) is 3.52. The molecule has 3 atom stereocenters. The molecule has 2 heterocycles. The molecule has 0 amide bonds. The maximum atomic E-state index is 13.0. The molecule has 1 aromatic heterocycles. The smallest absolute Gasteiger partial charge is 0.209 e. The van der Waals surface area contributed by atoms with Gasteiger partial charge in [0, 0.05) is 49.5 Å². The van der Waals surface area contributed by atoms with E-state index in [1.165, 1.54) is 26.0 Å². The van der Waals surface area contributed by atoms with Crippen LogP contribution in [0.5, 0.6) is 0 Å². The SMILES string of the molecule is CC(O)=CC(C)O.CC(O)=CC(C)O.CC1(n2cc(F)c(=O)[n-]c2=O)CCCO1.[Cu].[Hf]. The number of hydrogen-bond donors (Lipinski definition) is 4. The molecule has 0 bridgehead atoms. The summed E-state index contributed by atoms with van der Waals surface area (Å²) in [5, 5.41) is 33.8. The third-order valence-electron chi connectivity index (χ3n) is 3.52. The maximum Gasteiger partial charge on any atom is 0.209 e. The number of allylic oxidation sites excluding steroid dienone is 2. The van der Waals surface area contributed by atoms with Crippen molar-refractivity contribution in [1.29, 1.82) is 0 Å². The molecule has 0 aliphatic carbocycles. The van der Waals surface area contributed by atoms with E-state index in [0.29, 0.717) is 13.0 Å². The number of nitrogens with zero attached hydrogens (tertiary/aromatic N) is 2. The van der Waals surface area contributed by atoms with E-state index in [-0.39, 0.29) is 54.4 Å². The molecule has 1 saturated heterocycles. The van der Waals surface area contributed by atoms with Gasteiger partial charge in [0.2, 0.25) is 5.56 Å². The van der Waals surface area contributed by atoms with Gasteiger partial charge in [-0.3, -0.25) is 9.59 Å². The van der Waals surface area contributed by atoms with E-state index in [0.717, 1.165) is 17.2 Å². The zero-order valence-corrected chi connectivity index (χ0v) is 22.6. The molecule has 1 aliphatic rings. The Morgan fingerprint density at radius 2 is 1.65 bits per heavy atom. The molecule has 9 nitrogen and oxygen atoms in total. The number of aliphatic hydroxyl groups excluding tert-OH is 4. The Bertz CT molecular complexity index is 786. The molecular weight excluding hydrogens is 629 g/mol. The summed E-state index contributed by atoms with van der Waals surface area (Å²) in [6.07, 6.45) is 3.91. The largest absolute Gasteiger partial charge is 0.513 e. The summed E-state index contributed by atoms with van der Waals surface area (Å²) in [7, 11) is 0. The van der Waals surface area contributed by atoms with Gasteiger partial charge in [0.1, 0.15) is 0 Å². The first-order valence-corrected chi connectivity index (χ1v) is 9.00. The molecule has 0 spiro atoms. The van der Waals surface area contributed by atoms with Crippen molar-refractivity contribution in [2.75, 3.05) is 6.61 Å². The average molecular weight is 659 g/mol. The Kier molecular flexibility index (Phi) is 18.5. The van der Waals surface area contributed by atoms with Crippen LogP contribution in [-0.4, -0.2) is 43.8 Å². The van der Waals surface area contributed by atoms with Crippen molar-refractivity contribution in [3.8, 4) is 0 Å². The van der Waals surface area contributed by atoms with E-state index in [2.05, 4.69) is 4.98 Å². The molecule has 181 valence electrons. The van der Waals surface area contributed by atoms with Gasteiger partial charge in [0.25, 0.3) is 0 Å². The van der Waals surface area contributed by atoms with Crippen LogP contribution in [0.3, 0.4) is 0 Å². The van der Waals surface area contributed by atoms with Crippen LogP contribution in [0.1, 0.15) is 47.5 Å². The van der Waals surface area contributed by atoms with E-state index in [1.54, 1.807) is 20.8 Å². The summed E-state index contributed by atoms with van der Waals surface area (Å²) in [5.74, 6) is -0.712. The minimum Gasteiger partial charge on any atom is -0.513 e. The van der Waals surface area contributed by atoms with Crippen LogP contribution in [0.25, 0.3) is 0 Å². The van der Waals surface area contributed by atoms with Crippen LogP contribution in [0, 0.1) is 5.82 Å². The standard InChI is InChI=1S/C9H11FN2O3.2C5H10O2.Cu.Hf/c1-9(3-2-4-15-9)12-5-6(10)7(13)11-8(12)14;2*1-4(6)3-5(2)7;;/h5H,2-4H2,1H3,(H,11,13,14);2*3-4,6-7H,1-2H3;;/p-1. The van der Waals surface area contributed by atoms with Crippen LogP contribution in [0.15, 0.2) is 39.5 Å². The van der Waals surface area contributed by atoms with E-state index < -0.39 is 35.0 Å². The van der Waals surface area contributed by atoms with Crippen molar-refractivity contribution in [1.82, 2.24) is 9.55 Å². The zero-order valence-electron chi connectivity index (χ0n) is 18.1. The monoisotopic (exact) mass is 660 g/mol. The van der Waals surface area contributed by atoms with Crippen molar-refractivity contribution >= 4 is 0 Å². The number of ether oxygens (including phenoxy) is 1. The zero-order chi connectivity index (χ0) is 22.8. The van der Waals surface area contributed by atoms with Gasteiger partial charge in [-0.15, -0.1) is 0 Å². The number of halogens is 1. The fourth-order valence-electron chi connectivity index (χ4n) is 2.41. The first kappa shape index (κ1) is 34.6. The second-order valence-corrected chi connectivity index (χ2v) is 6.77. The molecule has 31 heavy (non-hydrogen) atoms. The van der Waals surface area contributed by atoms with E-state index in [9.17, 15) is 14.0 Å². The third kappa shape index (κ3) is 14.6. The van der Waals surface area contributed by atoms with Crippen LogP contribution >= 0.6 is 0 Å². The summed E-state index contributed by atoms with van der Waals surface area (Å²) >= 11 is 0. The Morgan fingerprint density at radius 1 is 1.19 bits per heavy atom. The quantitative estimate of drug-likeness (QED) is 0.282. The first-order valence-electron chi connectivity index (χ1n) is 9.00. The average Bonchev–Trinajstić information content (AvgIpc) is 2.97. The fourth-order valence-corrected chi connectivity index (χ4v) is 2.41. The van der Waals surface area contributed by atoms with Gasteiger partial charge in [0.15, 0.2) is 11.5 Å². The summed E-state index contributed by atoms with van der Waals surface area (Å²) in [6, 6.07) is 0. The normalized spacial score (nSPS) is 20.0. The van der Waals surface area contributed by atoms with Gasteiger partial charge < -0.3 is 34.7 Å². The van der Waals surface area contributed by atoms with Crippen molar-refractivity contribution in [2.24, 2.45) is 0 Å². The van der Waals surface area contributed by atoms with E-state index in [1.807, 2.05) is 0 Å². The second kappa shape index (κ2) is 16.6. The molecule has 2 rings (SSSR count). The topological polar surface area (TPSA) is 143 Å². The Balaban J connectivity index is -0.000000420. The number of aromatic nitrogens is 2. The van der Waals surface area contributed by atoms with Crippen molar-refractivity contribution in [3.63, 3.8) is 0 Å². The molecule has 1 aliphatic heterocycles. The van der Waals surface area contributed by atoms with E-state index in [4.69, 9.17) is 25.2 Å². The van der Waals surface area contributed by atoms with Crippen LogP contribution in [0.4, 0.5) is 4.39 Å². The Hall–Kier alpha value is -1.04. The Morgan fingerprint density at radius 3 is 1.94 bits per heavy atom. The number of hydrogen-bond acceptors (Lipinski definition) is 7. The first-order chi connectivity index (χ1) is 13.3. The van der Waals surface area contributed by atoms with E-state index >= 15 is 0 Å². The summed E-state index contributed by atoms with van der Waals surface area (Å²) in [4.78, 5) is 25.2. The van der Waals surface area contributed by atoms with Crippen LogP contribution in [0.2, 0.25) is 0 Å². The fraction of sp³-hybridized carbons (Fsp3) is 0.579. The summed E-state index contributed by atoms with van der Waals surface area (Å²) in [6.45, 7) is 8.40. The number of rotatable bonds is 3. The summed E-state index contributed by atoms with van der Waals surface area (Å²) < 4.78 is 19.4. The van der Waals surface area contributed by atoms with Gasteiger partial charge in [-0.05, 0) is 65.8 Å². The van der Waals surface area contributed by atoms with Crippen molar-refractivity contribution < 1.29 is 72.5 Å². The molecule has 12 heteroatoms. The van der Waals surface area contributed by atoms with Crippen LogP contribution < -0.4 is 16.2 Å². The van der Waals surface area contributed by atoms with Gasteiger partial charge in [-0.25, -0.2) is 4.39 Å². The molecule has 4 N–H and O–H groups in total. The van der Waals surface area contributed by atoms with Gasteiger partial charge in [-0.2, -0.15) is 0 Å². The predicted molar refractivity (Wildman–Crippen MR) is 105 cm³/mol.